The average Bonchev–Trinajstić information content (AvgIpc) is 2.31. The Morgan fingerprint density at radius 1 is 1.11 bits per heavy atom. The SMILES string of the molecule is COC1C2CC3CC(C2)C(COCC(C)(F)F)C1C3. The van der Waals surface area contributed by atoms with E-state index in [2.05, 4.69) is 0 Å². The highest BCUT2D eigenvalue weighted by Crippen LogP contribution is 2.57. The second-order valence-corrected chi connectivity index (χ2v) is 6.94. The zero-order chi connectivity index (χ0) is 13.6. The van der Waals surface area contributed by atoms with Crippen molar-refractivity contribution in [2.24, 2.45) is 29.6 Å². The van der Waals surface area contributed by atoms with Gasteiger partial charge in [0.25, 0.3) is 5.92 Å². The fraction of sp³-hybridized carbons (Fsp3) is 1.00. The van der Waals surface area contributed by atoms with Crippen molar-refractivity contribution < 1.29 is 18.3 Å². The molecule has 4 bridgehead atoms. The first-order chi connectivity index (χ1) is 8.98. The molecule has 4 heteroatoms. The molecule has 0 radical (unpaired) electrons. The molecular weight excluding hydrogens is 250 g/mol. The Morgan fingerprint density at radius 2 is 1.84 bits per heavy atom. The lowest BCUT2D eigenvalue weighted by molar-refractivity contribution is -0.165. The predicted molar refractivity (Wildman–Crippen MR) is 68.2 cm³/mol. The maximum Gasteiger partial charge on any atom is 0.268 e. The van der Waals surface area contributed by atoms with E-state index in [9.17, 15) is 8.78 Å². The summed E-state index contributed by atoms with van der Waals surface area (Å²) in [7, 11) is 1.80. The molecule has 4 fully saturated rings. The Labute approximate surface area is 113 Å². The van der Waals surface area contributed by atoms with Crippen LogP contribution >= 0.6 is 0 Å². The van der Waals surface area contributed by atoms with Gasteiger partial charge in [-0.2, -0.15) is 0 Å². The average molecular weight is 274 g/mol. The minimum Gasteiger partial charge on any atom is -0.381 e. The van der Waals surface area contributed by atoms with Crippen LogP contribution in [0.2, 0.25) is 0 Å². The summed E-state index contributed by atoms with van der Waals surface area (Å²) >= 11 is 0. The lowest BCUT2D eigenvalue weighted by atomic mass is 9.51. The minimum absolute atomic E-state index is 0.337. The van der Waals surface area contributed by atoms with Crippen LogP contribution in [0.25, 0.3) is 0 Å². The van der Waals surface area contributed by atoms with Crippen molar-refractivity contribution in [1.29, 1.82) is 0 Å². The summed E-state index contributed by atoms with van der Waals surface area (Å²) in [4.78, 5) is 0. The first-order valence-corrected chi connectivity index (χ1v) is 7.46. The van der Waals surface area contributed by atoms with E-state index in [-0.39, 0.29) is 0 Å². The molecule has 0 aromatic carbocycles. The predicted octanol–water partition coefficient (Wildman–Crippen LogP) is 3.36. The molecule has 6 unspecified atom stereocenters. The van der Waals surface area contributed by atoms with E-state index >= 15 is 0 Å². The van der Waals surface area contributed by atoms with Gasteiger partial charge in [-0.3, -0.25) is 0 Å². The number of rotatable bonds is 5. The summed E-state index contributed by atoms with van der Waals surface area (Å²) in [5, 5.41) is 0. The molecule has 0 aliphatic heterocycles. The Bertz CT molecular complexity index is 329. The topological polar surface area (TPSA) is 18.5 Å². The molecule has 4 saturated carbocycles. The van der Waals surface area contributed by atoms with Crippen LogP contribution in [0.3, 0.4) is 0 Å². The van der Waals surface area contributed by atoms with E-state index in [0.717, 1.165) is 12.8 Å². The molecule has 0 aromatic heterocycles. The molecule has 4 rings (SSSR count). The summed E-state index contributed by atoms with van der Waals surface area (Å²) in [5.41, 5.74) is 0. The highest BCUT2D eigenvalue weighted by molar-refractivity contribution is 5.03. The highest BCUT2D eigenvalue weighted by atomic mass is 19.3. The molecule has 110 valence electrons. The summed E-state index contributed by atoms with van der Waals surface area (Å²) < 4.78 is 36.7. The normalized spacial score (nSPS) is 44.8. The summed E-state index contributed by atoms with van der Waals surface area (Å²) in [5.74, 6) is 0.485. The molecule has 2 nitrogen and oxygen atoms in total. The van der Waals surface area contributed by atoms with Crippen molar-refractivity contribution in [2.45, 2.75) is 44.6 Å². The van der Waals surface area contributed by atoms with Crippen LogP contribution in [-0.2, 0) is 9.47 Å². The molecule has 0 amide bonds. The fourth-order valence-corrected chi connectivity index (χ4v) is 4.98. The van der Waals surface area contributed by atoms with Gasteiger partial charge in [-0.15, -0.1) is 0 Å². The van der Waals surface area contributed by atoms with Gasteiger partial charge in [0, 0.05) is 14.0 Å². The second-order valence-electron chi connectivity index (χ2n) is 6.94. The minimum atomic E-state index is -2.72. The van der Waals surface area contributed by atoms with Gasteiger partial charge >= 0.3 is 0 Å². The van der Waals surface area contributed by atoms with E-state index < -0.39 is 12.5 Å². The van der Waals surface area contributed by atoms with Crippen LogP contribution in [0, 0.1) is 29.6 Å². The van der Waals surface area contributed by atoms with Crippen LogP contribution in [0.4, 0.5) is 8.78 Å². The monoisotopic (exact) mass is 274 g/mol. The second kappa shape index (κ2) is 4.96. The number of hydrogen-bond acceptors (Lipinski definition) is 2. The van der Waals surface area contributed by atoms with Gasteiger partial charge in [0.2, 0.25) is 0 Å². The van der Waals surface area contributed by atoms with Gasteiger partial charge in [-0.25, -0.2) is 8.78 Å². The molecule has 0 N–H and O–H groups in total. The van der Waals surface area contributed by atoms with Crippen LogP contribution in [0.5, 0.6) is 0 Å². The van der Waals surface area contributed by atoms with Gasteiger partial charge in [0.1, 0.15) is 6.61 Å². The van der Waals surface area contributed by atoms with Gasteiger partial charge < -0.3 is 9.47 Å². The molecule has 4 aliphatic carbocycles. The first-order valence-electron chi connectivity index (χ1n) is 7.46. The number of alkyl halides is 2. The quantitative estimate of drug-likeness (QED) is 0.765. The van der Waals surface area contributed by atoms with Crippen molar-refractivity contribution in [3.63, 3.8) is 0 Å². The maximum absolute atomic E-state index is 12.8. The van der Waals surface area contributed by atoms with Crippen molar-refractivity contribution in [1.82, 2.24) is 0 Å². The Kier molecular flexibility index (Phi) is 3.59. The van der Waals surface area contributed by atoms with E-state index in [1.165, 1.54) is 25.7 Å². The molecule has 0 saturated heterocycles. The van der Waals surface area contributed by atoms with E-state index in [0.29, 0.717) is 36.4 Å². The standard InChI is InChI=1S/C15H24F2O2/c1-15(16,17)8-19-7-13-10-3-9-4-11(6-10)14(18-2)12(13)5-9/h9-14H,3-8H2,1-2H3. The highest BCUT2D eigenvalue weighted by Gasteiger charge is 2.53. The molecule has 0 aromatic rings. The van der Waals surface area contributed by atoms with Crippen LogP contribution in [0.1, 0.15) is 32.6 Å². The lowest BCUT2D eigenvalue weighted by Crippen LogP contribution is -2.55. The van der Waals surface area contributed by atoms with Crippen LogP contribution < -0.4 is 0 Å². The van der Waals surface area contributed by atoms with Crippen LogP contribution in [0.15, 0.2) is 0 Å². The maximum atomic E-state index is 12.8. The lowest BCUT2D eigenvalue weighted by Gasteiger charge is -2.57. The Hall–Kier alpha value is -0.220. The Morgan fingerprint density at radius 3 is 2.53 bits per heavy atom. The summed E-state index contributed by atoms with van der Waals surface area (Å²) in [6.07, 6.45) is 5.35. The van der Waals surface area contributed by atoms with Gasteiger partial charge in [0.05, 0.1) is 12.7 Å². The zero-order valence-corrected chi connectivity index (χ0v) is 11.8. The third kappa shape index (κ3) is 2.66. The summed E-state index contributed by atoms with van der Waals surface area (Å²) in [6.45, 7) is 0.952. The number of hydrogen-bond donors (Lipinski definition) is 0. The van der Waals surface area contributed by atoms with Gasteiger partial charge in [-0.1, -0.05) is 0 Å². The van der Waals surface area contributed by atoms with E-state index in [4.69, 9.17) is 9.47 Å². The smallest absolute Gasteiger partial charge is 0.268 e. The van der Waals surface area contributed by atoms with E-state index in [1.54, 1.807) is 7.11 Å². The van der Waals surface area contributed by atoms with Gasteiger partial charge in [-0.05, 0) is 55.3 Å². The Balaban J connectivity index is 1.62. The van der Waals surface area contributed by atoms with Crippen LogP contribution in [-0.4, -0.2) is 32.4 Å². The number of methoxy groups -OCH3 is 1. The zero-order valence-electron chi connectivity index (χ0n) is 11.8. The molecule has 0 spiro atoms. The third-order valence-electron chi connectivity index (χ3n) is 5.46. The number of ether oxygens (including phenoxy) is 2. The first kappa shape index (κ1) is 13.7. The third-order valence-corrected chi connectivity index (χ3v) is 5.46. The van der Waals surface area contributed by atoms with Crippen molar-refractivity contribution in [2.75, 3.05) is 20.3 Å². The van der Waals surface area contributed by atoms with Crippen molar-refractivity contribution in [3.8, 4) is 0 Å². The van der Waals surface area contributed by atoms with Gasteiger partial charge in [0.15, 0.2) is 0 Å². The largest absolute Gasteiger partial charge is 0.381 e. The van der Waals surface area contributed by atoms with Crippen molar-refractivity contribution >= 4 is 0 Å². The number of halogens is 2. The molecule has 4 aliphatic rings. The fourth-order valence-electron chi connectivity index (χ4n) is 4.98. The van der Waals surface area contributed by atoms with E-state index in [1.807, 2.05) is 0 Å². The molecule has 6 atom stereocenters. The summed E-state index contributed by atoms with van der Waals surface area (Å²) in [6, 6.07) is 0. The molecule has 0 heterocycles. The van der Waals surface area contributed by atoms with Crippen molar-refractivity contribution in [3.05, 3.63) is 0 Å². The molecular formula is C15H24F2O2. The molecule has 19 heavy (non-hydrogen) atoms.